The zero-order valence-corrected chi connectivity index (χ0v) is 14.5. The number of benzene rings is 1. The lowest BCUT2D eigenvalue weighted by atomic mass is 10.1. The van der Waals surface area contributed by atoms with E-state index < -0.39 is 0 Å². The topological polar surface area (TPSA) is 59.4 Å². The second-order valence-corrected chi connectivity index (χ2v) is 6.73. The Balaban J connectivity index is 1.68. The van der Waals surface area contributed by atoms with Gasteiger partial charge in [0.15, 0.2) is 0 Å². The normalized spacial score (nSPS) is 26.7. The average Bonchev–Trinajstić information content (AvgIpc) is 2.59. The van der Waals surface area contributed by atoms with Gasteiger partial charge in [-0.2, -0.15) is 5.10 Å². The zero-order valence-electron chi connectivity index (χ0n) is 12.9. The fraction of sp³-hybridized carbons (Fsp3) is 0.500. The third kappa shape index (κ3) is 3.63. The molecule has 0 radical (unpaired) electrons. The highest BCUT2D eigenvalue weighted by Crippen LogP contribution is 2.24. The summed E-state index contributed by atoms with van der Waals surface area (Å²) < 4.78 is 0. The van der Waals surface area contributed by atoms with E-state index in [0.717, 1.165) is 31.9 Å². The summed E-state index contributed by atoms with van der Waals surface area (Å²) >= 11 is 3.56. The zero-order chi connectivity index (χ0) is 16.2. The van der Waals surface area contributed by atoms with Crippen molar-refractivity contribution in [2.24, 2.45) is 5.10 Å². The van der Waals surface area contributed by atoms with Gasteiger partial charge >= 0.3 is 0 Å². The molecule has 0 aromatic heterocycles. The van der Waals surface area contributed by atoms with Crippen molar-refractivity contribution in [2.75, 3.05) is 44.3 Å². The molecule has 7 heteroatoms. The number of aliphatic hydroxyl groups excluding tert-OH is 1. The monoisotopic (exact) mass is 380 g/mol. The highest BCUT2D eigenvalue weighted by molar-refractivity contribution is 9.10. The fourth-order valence-electron chi connectivity index (χ4n) is 3.00. The van der Waals surface area contributed by atoms with Crippen LogP contribution in [0.5, 0.6) is 0 Å². The molecule has 1 amide bonds. The molecule has 0 spiro atoms. The maximum Gasteiger partial charge on any atom is 0.263 e. The molecular weight excluding hydrogens is 360 g/mol. The molecule has 2 atom stereocenters. The number of alkyl halides is 1. The van der Waals surface area contributed by atoms with Crippen molar-refractivity contribution in [1.29, 1.82) is 0 Å². The first kappa shape index (κ1) is 16.6. The van der Waals surface area contributed by atoms with Crippen LogP contribution in [-0.2, 0) is 4.79 Å². The van der Waals surface area contributed by atoms with Crippen molar-refractivity contribution in [3.8, 4) is 0 Å². The summed E-state index contributed by atoms with van der Waals surface area (Å²) in [5, 5.41) is 14.8. The molecule has 124 valence electrons. The van der Waals surface area contributed by atoms with E-state index in [1.54, 1.807) is 0 Å². The van der Waals surface area contributed by atoms with E-state index in [1.165, 1.54) is 5.01 Å². The van der Waals surface area contributed by atoms with E-state index in [-0.39, 0.29) is 23.4 Å². The molecule has 2 heterocycles. The number of rotatable bonds is 4. The van der Waals surface area contributed by atoms with E-state index in [1.807, 2.05) is 36.5 Å². The number of halogens is 1. The van der Waals surface area contributed by atoms with E-state index in [4.69, 9.17) is 5.11 Å². The first-order valence-electron chi connectivity index (χ1n) is 7.85. The van der Waals surface area contributed by atoms with Gasteiger partial charge in [0.05, 0.1) is 18.3 Å². The first-order chi connectivity index (χ1) is 11.2. The lowest BCUT2D eigenvalue weighted by Crippen LogP contribution is -2.58. The van der Waals surface area contributed by atoms with Crippen LogP contribution in [0.25, 0.3) is 0 Å². The minimum absolute atomic E-state index is 0.0289. The van der Waals surface area contributed by atoms with Crippen LogP contribution in [0.15, 0.2) is 35.4 Å². The summed E-state index contributed by atoms with van der Waals surface area (Å²) in [4.78, 5) is 16.8. The van der Waals surface area contributed by atoms with Crippen LogP contribution >= 0.6 is 15.9 Å². The van der Waals surface area contributed by atoms with Crippen molar-refractivity contribution in [3.05, 3.63) is 30.3 Å². The summed E-state index contributed by atoms with van der Waals surface area (Å²) in [6, 6.07) is 9.44. The number of carbonyl (C=O) groups is 1. The lowest BCUT2D eigenvalue weighted by Gasteiger charge is -2.41. The minimum Gasteiger partial charge on any atom is -0.395 e. The van der Waals surface area contributed by atoms with Gasteiger partial charge in [0.1, 0.15) is 4.83 Å². The van der Waals surface area contributed by atoms with Gasteiger partial charge in [-0.1, -0.05) is 34.1 Å². The fourth-order valence-corrected chi connectivity index (χ4v) is 3.66. The average molecular weight is 381 g/mol. The summed E-state index contributed by atoms with van der Waals surface area (Å²) in [6.45, 7) is 4.46. The van der Waals surface area contributed by atoms with E-state index in [0.29, 0.717) is 6.54 Å². The number of amides is 1. The van der Waals surface area contributed by atoms with E-state index >= 15 is 0 Å². The number of anilines is 1. The van der Waals surface area contributed by atoms with Gasteiger partial charge in [-0.25, -0.2) is 5.01 Å². The number of nitrogens with zero attached hydrogens (tertiary/aromatic N) is 4. The Morgan fingerprint density at radius 3 is 2.52 bits per heavy atom. The predicted molar refractivity (Wildman–Crippen MR) is 94.0 cm³/mol. The highest BCUT2D eigenvalue weighted by Gasteiger charge is 2.37. The molecule has 0 saturated carbocycles. The number of β-amino-alcohol motifs (C(OH)–C–C–N with tert-alkyl or cyclic N) is 1. The summed E-state index contributed by atoms with van der Waals surface area (Å²) in [5.74, 6) is -0.0403. The quantitative estimate of drug-likeness (QED) is 0.783. The maximum atomic E-state index is 12.6. The molecule has 1 fully saturated rings. The standard InChI is InChI=1S/C16H21BrN4O2/c17-15-14(20-8-6-19(7-9-20)10-11-22)12-18-21(16(15)23)13-4-2-1-3-5-13/h1-5,12,14-15,22H,6-11H2/t14-,15-/m0/s1. The largest absolute Gasteiger partial charge is 0.395 e. The molecule has 1 aromatic carbocycles. The van der Waals surface area contributed by atoms with Gasteiger partial charge in [-0.3, -0.25) is 14.6 Å². The van der Waals surface area contributed by atoms with Crippen molar-refractivity contribution in [1.82, 2.24) is 9.80 Å². The molecule has 3 rings (SSSR count). The Kier molecular flexibility index (Phi) is 5.42. The van der Waals surface area contributed by atoms with Gasteiger partial charge in [0, 0.05) is 38.9 Å². The Bertz CT molecular complexity index is 560. The van der Waals surface area contributed by atoms with Crippen LogP contribution in [0.2, 0.25) is 0 Å². The Morgan fingerprint density at radius 2 is 1.87 bits per heavy atom. The second-order valence-electron chi connectivity index (χ2n) is 5.74. The number of carbonyl (C=O) groups excluding carboxylic acids is 1. The van der Waals surface area contributed by atoms with Crippen molar-refractivity contribution in [3.63, 3.8) is 0 Å². The van der Waals surface area contributed by atoms with Gasteiger partial charge < -0.3 is 5.11 Å². The number of hydrogen-bond acceptors (Lipinski definition) is 5. The van der Waals surface area contributed by atoms with Crippen molar-refractivity contribution < 1.29 is 9.90 Å². The van der Waals surface area contributed by atoms with Crippen molar-refractivity contribution in [2.45, 2.75) is 10.9 Å². The molecule has 23 heavy (non-hydrogen) atoms. The third-order valence-electron chi connectivity index (χ3n) is 4.32. The molecule has 2 aliphatic rings. The number of piperazine rings is 1. The van der Waals surface area contributed by atoms with Crippen LogP contribution in [0.1, 0.15) is 0 Å². The van der Waals surface area contributed by atoms with Crippen LogP contribution in [-0.4, -0.2) is 77.2 Å². The summed E-state index contributed by atoms with van der Waals surface area (Å²) in [5.41, 5.74) is 0.782. The van der Waals surface area contributed by atoms with Gasteiger partial charge in [-0.05, 0) is 12.1 Å². The number of para-hydroxylation sites is 1. The van der Waals surface area contributed by atoms with Gasteiger partial charge in [-0.15, -0.1) is 0 Å². The van der Waals surface area contributed by atoms with Gasteiger partial charge in [0.25, 0.3) is 5.91 Å². The lowest BCUT2D eigenvalue weighted by molar-refractivity contribution is -0.119. The molecule has 1 aromatic rings. The van der Waals surface area contributed by atoms with Crippen LogP contribution in [0.4, 0.5) is 5.69 Å². The molecule has 2 aliphatic heterocycles. The smallest absolute Gasteiger partial charge is 0.263 e. The molecular formula is C16H21BrN4O2. The van der Waals surface area contributed by atoms with E-state index in [9.17, 15) is 4.79 Å². The molecule has 1 N–H and O–H groups in total. The predicted octanol–water partition coefficient (Wildman–Crippen LogP) is 0.761. The molecule has 0 unspecified atom stereocenters. The number of hydrazone groups is 1. The maximum absolute atomic E-state index is 12.6. The van der Waals surface area contributed by atoms with E-state index in [2.05, 4.69) is 30.8 Å². The number of aliphatic hydroxyl groups is 1. The van der Waals surface area contributed by atoms with Crippen molar-refractivity contribution >= 4 is 33.7 Å². The van der Waals surface area contributed by atoms with Crippen LogP contribution in [0.3, 0.4) is 0 Å². The highest BCUT2D eigenvalue weighted by atomic mass is 79.9. The Labute approximate surface area is 144 Å². The summed E-state index contributed by atoms with van der Waals surface area (Å²) in [6.07, 6.45) is 1.86. The first-order valence-corrected chi connectivity index (χ1v) is 8.77. The van der Waals surface area contributed by atoms with Crippen LogP contribution < -0.4 is 5.01 Å². The summed E-state index contributed by atoms with van der Waals surface area (Å²) in [7, 11) is 0. The molecule has 0 bridgehead atoms. The Morgan fingerprint density at radius 1 is 1.17 bits per heavy atom. The Hall–Kier alpha value is -1.28. The third-order valence-corrected chi connectivity index (χ3v) is 5.26. The molecule has 6 nitrogen and oxygen atoms in total. The second kappa shape index (κ2) is 7.53. The van der Waals surface area contributed by atoms with Gasteiger partial charge in [0.2, 0.25) is 0 Å². The molecule has 0 aliphatic carbocycles. The minimum atomic E-state index is -0.301. The van der Waals surface area contributed by atoms with Crippen LogP contribution in [0, 0.1) is 0 Å². The SMILES string of the molecule is O=C1[C@@H](Br)[C@@H](N2CCN(CCO)CC2)C=NN1c1ccccc1. The number of hydrogen-bond donors (Lipinski definition) is 1. The molecule has 1 saturated heterocycles.